The van der Waals surface area contributed by atoms with Crippen LogP contribution < -0.4 is 0 Å². The quantitative estimate of drug-likeness (QED) is 0.0988. The third-order valence-electron chi connectivity index (χ3n) is 20.6. The summed E-state index contributed by atoms with van der Waals surface area (Å²) in [5, 5.41) is 37.9. The van der Waals surface area contributed by atoms with Gasteiger partial charge in [0, 0.05) is 22.7 Å². The number of fused-ring (bicyclic) bond motifs is 3. The van der Waals surface area contributed by atoms with Crippen LogP contribution in [0.15, 0.2) is 72.8 Å². The Hall–Kier alpha value is -6.77. The summed E-state index contributed by atoms with van der Waals surface area (Å²) >= 11 is 0. The number of benzene rings is 11. The van der Waals surface area contributed by atoms with Gasteiger partial charge in [-0.05, 0) is 246 Å². The maximum Gasteiger partial charge on any atom is 0.305 e. The van der Waals surface area contributed by atoms with E-state index in [1.807, 2.05) is 0 Å². The Labute approximate surface area is 350 Å². The summed E-state index contributed by atoms with van der Waals surface area (Å²) in [6.45, 7) is 0. The first-order valence-electron chi connectivity index (χ1n) is 23.3. The zero-order valence-corrected chi connectivity index (χ0v) is 33.6. The van der Waals surface area contributed by atoms with E-state index < -0.39 is 0 Å². The average molecular weight is 781 g/mol. The normalized spacial score (nSPS) is 25.3. The van der Waals surface area contributed by atoms with Gasteiger partial charge < -0.3 is 4.74 Å². The lowest BCUT2D eigenvalue weighted by atomic mass is 9.68. The van der Waals surface area contributed by atoms with E-state index in [1.54, 1.807) is 165 Å². The van der Waals surface area contributed by atoms with Gasteiger partial charge in [-0.25, -0.2) is 0 Å². The molecule has 0 heterocycles. The van der Waals surface area contributed by atoms with E-state index in [2.05, 4.69) is 72.8 Å². The molecule has 1 saturated carbocycles. The molecule has 2 heteroatoms. The van der Waals surface area contributed by atoms with Crippen LogP contribution >= 0.6 is 0 Å². The highest BCUT2D eigenvalue weighted by atomic mass is 16.5. The van der Waals surface area contributed by atoms with Crippen LogP contribution in [0.1, 0.15) is 80.8 Å². The zero-order chi connectivity index (χ0) is 38.9. The molecule has 0 N–H and O–H groups in total. The van der Waals surface area contributed by atoms with Crippen LogP contribution in [0.4, 0.5) is 0 Å². The Bertz CT molecular complexity index is 4850. The monoisotopic (exact) mass is 780 g/mol. The van der Waals surface area contributed by atoms with Crippen molar-refractivity contribution in [1.82, 2.24) is 0 Å². The van der Waals surface area contributed by atoms with Gasteiger partial charge in [0.1, 0.15) is 0 Å². The molecule has 4 unspecified atom stereocenters. The Balaban J connectivity index is 1.16. The summed E-state index contributed by atoms with van der Waals surface area (Å²) in [5.41, 5.74) is 18.1. The number of methoxy groups -OCH3 is 1. The van der Waals surface area contributed by atoms with E-state index in [0.717, 1.165) is 32.1 Å². The summed E-state index contributed by atoms with van der Waals surface area (Å²) in [6, 6.07) is 30.1. The number of rotatable bonds is 5. The number of hydrogen-bond donors (Lipinski definition) is 0. The van der Waals surface area contributed by atoms with E-state index in [0.29, 0.717) is 12.3 Å². The van der Waals surface area contributed by atoms with E-state index in [-0.39, 0.29) is 22.2 Å². The molecule has 8 aliphatic rings. The van der Waals surface area contributed by atoms with Crippen molar-refractivity contribution in [3.05, 3.63) is 128 Å². The fourth-order valence-electron chi connectivity index (χ4n) is 19.8. The molecule has 8 aliphatic carbocycles. The molecule has 62 heavy (non-hydrogen) atoms. The fraction of sp³-hybridized carbons (Fsp3) is 0.183. The molecule has 4 atom stereocenters. The van der Waals surface area contributed by atoms with Crippen molar-refractivity contribution in [1.29, 1.82) is 0 Å². The van der Waals surface area contributed by atoms with Crippen LogP contribution in [0.2, 0.25) is 0 Å². The second-order valence-corrected chi connectivity index (χ2v) is 21.6. The Morgan fingerprint density at radius 3 is 1.74 bits per heavy atom. The summed E-state index contributed by atoms with van der Waals surface area (Å²) in [7, 11) is 1.56. The Morgan fingerprint density at radius 1 is 0.516 bits per heavy atom. The van der Waals surface area contributed by atoms with Crippen molar-refractivity contribution in [3.8, 4) is 11.1 Å². The lowest BCUT2D eigenvalue weighted by molar-refractivity contribution is -0.140. The molecule has 14 aromatic rings. The fourth-order valence-corrected chi connectivity index (χ4v) is 19.8. The van der Waals surface area contributed by atoms with Crippen LogP contribution in [0.3, 0.4) is 0 Å². The highest BCUT2D eigenvalue weighted by Crippen LogP contribution is 2.95. The summed E-state index contributed by atoms with van der Waals surface area (Å²) < 4.78 is 5.41. The van der Waals surface area contributed by atoms with Gasteiger partial charge in [0.05, 0.1) is 7.11 Å². The number of carbonyl (C=O) groups excluding carboxylic acids is 1. The molecule has 0 aliphatic heterocycles. The lowest BCUT2D eigenvalue weighted by Gasteiger charge is -2.32. The van der Waals surface area contributed by atoms with Gasteiger partial charge in [-0.2, -0.15) is 0 Å². The van der Waals surface area contributed by atoms with Gasteiger partial charge in [-0.1, -0.05) is 60.7 Å². The molecule has 0 amide bonds. The maximum absolute atomic E-state index is 13.2. The summed E-state index contributed by atoms with van der Waals surface area (Å²) in [4.78, 5) is 13.2. The SMILES string of the molecule is COC(=O)CCCC1(c2ccccc2)C23c4c5ccc6c7cc8c9c%10c%11c%12c(cc%13c%14c%15c(cc%16c%17ccc-5c2c%17c2c5c%17c%18c(c(c46)c7c9c%18c%11c(c%14%12)c%17c%15c%162)C513)C%13)CC%10C8. The molecule has 14 aromatic carbocycles. The molecule has 0 aromatic heterocycles. The second-order valence-electron chi connectivity index (χ2n) is 21.6. The van der Waals surface area contributed by atoms with Crippen molar-refractivity contribution >= 4 is 135 Å². The first-order valence-corrected chi connectivity index (χ1v) is 23.3. The van der Waals surface area contributed by atoms with Gasteiger partial charge in [-0.15, -0.1) is 0 Å². The van der Waals surface area contributed by atoms with Crippen molar-refractivity contribution in [2.24, 2.45) is 0 Å². The van der Waals surface area contributed by atoms with Crippen LogP contribution in [-0.2, 0) is 45.0 Å². The average Bonchev–Trinajstić information content (AvgIpc) is 4.05. The van der Waals surface area contributed by atoms with Gasteiger partial charge in [-0.3, -0.25) is 4.79 Å². The molecule has 280 valence electrons. The maximum atomic E-state index is 13.2. The first kappa shape index (κ1) is 28.0. The lowest BCUT2D eigenvalue weighted by Crippen LogP contribution is -2.26. The Kier molecular flexibility index (Phi) is 3.33. The standard InChI is InChI=1S/C60H28O2/c1-62-32(61)8-5-13-58(25-6-3-2-4-7-25)59-54-28-11-9-26-30-18-23-16-20-14-22-15-21-17-24-19-31-27-10-12-29(28)55(59)41(27)51-39(31)45-36(24)34(21)43-37(22)42-33(20)35(23)44-38(30)50(40(26)54)56-52-48(44)46(42)47(43)49(45)53(52)57(51)60(56,58)59/h2-4,6-7,9-12,14,18-19,21H,5,8,13,15-17H2,1H3. The predicted molar refractivity (Wildman–Crippen MR) is 251 cm³/mol. The number of carbonyl (C=O) groups is 1. The van der Waals surface area contributed by atoms with Crippen molar-refractivity contribution in [2.75, 3.05) is 7.11 Å². The molecule has 0 saturated heterocycles. The zero-order valence-electron chi connectivity index (χ0n) is 33.6. The van der Waals surface area contributed by atoms with Crippen molar-refractivity contribution < 1.29 is 9.53 Å². The molecule has 0 bridgehead atoms. The molecular formula is C60H28O2. The molecule has 2 nitrogen and oxygen atoms in total. The van der Waals surface area contributed by atoms with Crippen LogP contribution in [-0.4, -0.2) is 13.1 Å². The first-order chi connectivity index (χ1) is 30.7. The minimum absolute atomic E-state index is 0.0971. The summed E-state index contributed by atoms with van der Waals surface area (Å²) in [6.07, 6.45) is 5.51. The minimum Gasteiger partial charge on any atom is -0.469 e. The van der Waals surface area contributed by atoms with Crippen LogP contribution in [0, 0.1) is 0 Å². The van der Waals surface area contributed by atoms with Gasteiger partial charge in [0.2, 0.25) is 0 Å². The van der Waals surface area contributed by atoms with E-state index >= 15 is 0 Å². The van der Waals surface area contributed by atoms with Crippen LogP contribution in [0.25, 0.3) is 140 Å². The van der Waals surface area contributed by atoms with Gasteiger partial charge in [0.15, 0.2) is 0 Å². The third-order valence-corrected chi connectivity index (χ3v) is 20.6. The topological polar surface area (TPSA) is 26.3 Å². The third kappa shape index (κ3) is 1.92. The largest absolute Gasteiger partial charge is 0.469 e. The van der Waals surface area contributed by atoms with Gasteiger partial charge in [0.25, 0.3) is 0 Å². The highest BCUT2D eigenvalue weighted by Gasteiger charge is 2.94. The smallest absolute Gasteiger partial charge is 0.305 e. The van der Waals surface area contributed by atoms with Crippen molar-refractivity contribution in [2.45, 2.75) is 60.7 Å². The number of ether oxygens (including phenoxy) is 1. The van der Waals surface area contributed by atoms with E-state index in [1.165, 1.54) is 38.2 Å². The molecule has 0 radical (unpaired) electrons. The van der Waals surface area contributed by atoms with E-state index in [9.17, 15) is 4.79 Å². The Morgan fingerprint density at radius 2 is 1.05 bits per heavy atom. The summed E-state index contributed by atoms with van der Waals surface area (Å²) in [5.74, 6) is 0.444. The van der Waals surface area contributed by atoms with E-state index in [4.69, 9.17) is 4.74 Å². The predicted octanol–water partition coefficient (Wildman–Crippen LogP) is 13.7. The van der Waals surface area contributed by atoms with Crippen LogP contribution in [0.5, 0.6) is 0 Å². The minimum atomic E-state index is -0.305. The van der Waals surface area contributed by atoms with Gasteiger partial charge >= 0.3 is 5.97 Å². The second kappa shape index (κ2) is 7.39. The number of esters is 1. The molecule has 1 fully saturated rings. The number of hydrogen-bond acceptors (Lipinski definition) is 2. The molecular weight excluding hydrogens is 753 g/mol. The highest BCUT2D eigenvalue weighted by molar-refractivity contribution is 6.61. The molecule has 2 spiro atoms. The molecule has 22 rings (SSSR count). The van der Waals surface area contributed by atoms with Crippen molar-refractivity contribution in [3.63, 3.8) is 0 Å².